The Labute approximate surface area is 104 Å². The number of hydrogen-bond donors (Lipinski definition) is 0. The zero-order valence-electron chi connectivity index (χ0n) is 9.40. The number of ether oxygens (including phenoxy) is 1. The molecule has 0 saturated carbocycles. The number of methoxy groups -OCH3 is 1. The number of aromatic nitrogens is 1. The normalized spacial score (nSPS) is 12.7. The van der Waals surface area contributed by atoms with Crippen molar-refractivity contribution in [3.63, 3.8) is 0 Å². The number of rotatable bonds is 3. The van der Waals surface area contributed by atoms with Crippen LogP contribution in [-0.4, -0.2) is 16.9 Å². The van der Waals surface area contributed by atoms with Crippen molar-refractivity contribution >= 4 is 26.8 Å². The van der Waals surface area contributed by atoms with Gasteiger partial charge in [-0.1, -0.05) is 41.1 Å². The van der Waals surface area contributed by atoms with Gasteiger partial charge in [-0.25, -0.2) is 4.98 Å². The van der Waals surface area contributed by atoms with Gasteiger partial charge in [0.15, 0.2) is 0 Å². The predicted molar refractivity (Wildman–Crippen MR) is 70.4 cm³/mol. The molecule has 0 aliphatic carbocycles. The van der Waals surface area contributed by atoms with Crippen LogP contribution in [0, 0.1) is 0 Å². The van der Waals surface area contributed by atoms with E-state index in [1.165, 1.54) is 0 Å². The van der Waals surface area contributed by atoms with E-state index in [2.05, 4.69) is 40.0 Å². The van der Waals surface area contributed by atoms with Gasteiger partial charge >= 0.3 is 0 Å². The van der Waals surface area contributed by atoms with Gasteiger partial charge in [0.05, 0.1) is 12.6 Å². The highest BCUT2D eigenvalue weighted by Crippen LogP contribution is 2.24. The van der Waals surface area contributed by atoms with Crippen molar-refractivity contribution in [3.8, 4) is 5.88 Å². The highest BCUT2D eigenvalue weighted by Gasteiger charge is 2.09. The molecular weight excluding hydrogens is 266 g/mol. The third kappa shape index (κ3) is 2.35. The van der Waals surface area contributed by atoms with Gasteiger partial charge in [-0.3, -0.25) is 0 Å². The quantitative estimate of drug-likeness (QED) is 0.802. The number of para-hydroxylation sites is 1. The number of pyridine rings is 1. The largest absolute Gasteiger partial charge is 0.481 e. The van der Waals surface area contributed by atoms with E-state index in [9.17, 15) is 0 Å². The van der Waals surface area contributed by atoms with Crippen LogP contribution in [0.1, 0.15) is 12.5 Å². The van der Waals surface area contributed by atoms with E-state index in [-0.39, 0.29) is 0 Å². The van der Waals surface area contributed by atoms with Gasteiger partial charge in [0, 0.05) is 15.8 Å². The molecule has 1 unspecified atom stereocenters. The maximum absolute atomic E-state index is 5.32. The molecule has 0 fully saturated rings. The second kappa shape index (κ2) is 4.83. The van der Waals surface area contributed by atoms with Crippen LogP contribution in [0.4, 0.5) is 0 Å². The summed E-state index contributed by atoms with van der Waals surface area (Å²) in [5.74, 6) is 0.727. The van der Waals surface area contributed by atoms with Crippen LogP contribution in [0.2, 0.25) is 0 Å². The molecule has 0 aliphatic rings. The Morgan fingerprint density at radius 1 is 1.38 bits per heavy atom. The van der Waals surface area contributed by atoms with Gasteiger partial charge in [-0.05, 0) is 18.6 Å². The summed E-state index contributed by atoms with van der Waals surface area (Å²) in [6.07, 6.45) is 0.918. The second-order valence-electron chi connectivity index (χ2n) is 3.83. The van der Waals surface area contributed by atoms with Gasteiger partial charge in [0.2, 0.25) is 5.88 Å². The van der Waals surface area contributed by atoms with Crippen molar-refractivity contribution in [1.29, 1.82) is 0 Å². The summed E-state index contributed by atoms with van der Waals surface area (Å²) in [7, 11) is 1.67. The first-order valence-electron chi connectivity index (χ1n) is 5.27. The van der Waals surface area contributed by atoms with E-state index in [1.807, 2.05) is 18.2 Å². The Balaban J connectivity index is 2.53. The lowest BCUT2D eigenvalue weighted by molar-refractivity contribution is 0.394. The van der Waals surface area contributed by atoms with Crippen LogP contribution in [0.5, 0.6) is 5.88 Å². The summed E-state index contributed by atoms with van der Waals surface area (Å²) in [6.45, 7) is 2.12. The van der Waals surface area contributed by atoms with Gasteiger partial charge in [0.25, 0.3) is 0 Å². The molecule has 84 valence electrons. The highest BCUT2D eigenvalue weighted by atomic mass is 79.9. The molecule has 0 radical (unpaired) electrons. The van der Waals surface area contributed by atoms with Crippen molar-refractivity contribution in [3.05, 3.63) is 35.9 Å². The summed E-state index contributed by atoms with van der Waals surface area (Å²) < 4.78 is 5.32. The number of halogens is 1. The maximum atomic E-state index is 5.32. The first-order valence-corrected chi connectivity index (χ1v) is 6.19. The first-order chi connectivity index (χ1) is 7.70. The van der Waals surface area contributed by atoms with E-state index in [0.29, 0.717) is 4.83 Å². The summed E-state index contributed by atoms with van der Waals surface area (Å²) in [5.41, 5.74) is 2.12. The number of alkyl halides is 1. The van der Waals surface area contributed by atoms with Gasteiger partial charge in [-0.2, -0.15) is 0 Å². The lowest BCUT2D eigenvalue weighted by Gasteiger charge is -2.10. The molecule has 1 heterocycles. The molecule has 1 aromatic heterocycles. The maximum Gasteiger partial charge on any atom is 0.216 e. The third-order valence-electron chi connectivity index (χ3n) is 2.46. The van der Waals surface area contributed by atoms with Gasteiger partial charge < -0.3 is 4.74 Å². The number of fused-ring (bicyclic) bond motifs is 1. The van der Waals surface area contributed by atoms with Crippen molar-refractivity contribution < 1.29 is 4.74 Å². The van der Waals surface area contributed by atoms with Crippen LogP contribution in [0.3, 0.4) is 0 Å². The van der Waals surface area contributed by atoms with Crippen molar-refractivity contribution in [2.75, 3.05) is 7.11 Å². The third-order valence-corrected chi connectivity index (χ3v) is 2.78. The van der Waals surface area contributed by atoms with Crippen molar-refractivity contribution in [2.24, 2.45) is 0 Å². The van der Waals surface area contributed by atoms with Gasteiger partial charge in [-0.15, -0.1) is 0 Å². The fraction of sp³-hybridized carbons (Fsp3) is 0.308. The minimum atomic E-state index is 0.421. The smallest absolute Gasteiger partial charge is 0.216 e. The summed E-state index contributed by atoms with van der Waals surface area (Å²) in [6, 6.07) is 10.2. The molecular formula is C13H14BrNO. The lowest BCUT2D eigenvalue weighted by Crippen LogP contribution is -2.01. The van der Waals surface area contributed by atoms with Crippen molar-refractivity contribution in [1.82, 2.24) is 4.98 Å². The molecule has 1 atom stereocenters. The second-order valence-corrected chi connectivity index (χ2v) is 5.40. The molecule has 0 aliphatic heterocycles. The SMILES string of the molecule is COc1nc2ccccc2cc1CC(C)Br. The van der Waals surface area contributed by atoms with Gasteiger partial charge in [0.1, 0.15) is 0 Å². The van der Waals surface area contributed by atoms with Crippen LogP contribution in [0.25, 0.3) is 10.9 Å². The summed E-state index contributed by atoms with van der Waals surface area (Å²) in [4.78, 5) is 4.92. The predicted octanol–water partition coefficient (Wildman–Crippen LogP) is 3.57. The topological polar surface area (TPSA) is 22.1 Å². The summed E-state index contributed by atoms with van der Waals surface area (Å²) >= 11 is 3.56. The van der Waals surface area contributed by atoms with E-state index in [4.69, 9.17) is 4.74 Å². The molecule has 0 saturated heterocycles. The standard InChI is InChI=1S/C13H14BrNO/c1-9(14)7-11-8-10-5-3-4-6-12(10)15-13(11)16-2/h3-6,8-9H,7H2,1-2H3. The zero-order valence-corrected chi connectivity index (χ0v) is 11.0. The van der Waals surface area contributed by atoms with Crippen LogP contribution >= 0.6 is 15.9 Å². The monoisotopic (exact) mass is 279 g/mol. The first kappa shape index (κ1) is 11.4. The molecule has 0 spiro atoms. The van der Waals surface area contributed by atoms with Crippen LogP contribution < -0.4 is 4.74 Å². The Hall–Kier alpha value is -1.09. The average molecular weight is 280 g/mol. The molecule has 0 N–H and O–H groups in total. The minimum absolute atomic E-state index is 0.421. The molecule has 0 bridgehead atoms. The molecule has 1 aromatic carbocycles. The van der Waals surface area contributed by atoms with Crippen LogP contribution in [-0.2, 0) is 6.42 Å². The molecule has 0 amide bonds. The molecule has 2 aromatic rings. The molecule has 3 heteroatoms. The van der Waals surface area contributed by atoms with E-state index in [1.54, 1.807) is 7.11 Å². The number of hydrogen-bond acceptors (Lipinski definition) is 2. The Bertz CT molecular complexity index is 496. The van der Waals surface area contributed by atoms with E-state index >= 15 is 0 Å². The van der Waals surface area contributed by atoms with E-state index < -0.39 is 0 Å². The number of benzene rings is 1. The van der Waals surface area contributed by atoms with E-state index in [0.717, 1.165) is 28.8 Å². The summed E-state index contributed by atoms with van der Waals surface area (Å²) in [5, 5.41) is 1.16. The molecule has 16 heavy (non-hydrogen) atoms. The average Bonchev–Trinajstić information content (AvgIpc) is 2.27. The lowest BCUT2D eigenvalue weighted by atomic mass is 10.1. The fourth-order valence-electron chi connectivity index (χ4n) is 1.77. The molecule has 2 rings (SSSR count). The number of nitrogens with zero attached hydrogens (tertiary/aromatic N) is 1. The zero-order chi connectivity index (χ0) is 11.5. The highest BCUT2D eigenvalue weighted by molar-refractivity contribution is 9.09. The Kier molecular flexibility index (Phi) is 3.44. The van der Waals surface area contributed by atoms with Crippen molar-refractivity contribution in [2.45, 2.75) is 18.2 Å². The fourth-order valence-corrected chi connectivity index (χ4v) is 2.12. The van der Waals surface area contributed by atoms with Crippen LogP contribution in [0.15, 0.2) is 30.3 Å². The Morgan fingerprint density at radius 2 is 2.12 bits per heavy atom. The Morgan fingerprint density at radius 3 is 2.81 bits per heavy atom. The molecule has 2 nitrogen and oxygen atoms in total. The minimum Gasteiger partial charge on any atom is -0.481 e.